The van der Waals surface area contributed by atoms with Crippen molar-refractivity contribution in [3.8, 4) is 5.75 Å². The summed E-state index contributed by atoms with van der Waals surface area (Å²) in [6.45, 7) is 3.23. The minimum Gasteiger partial charge on any atom is -0.497 e. The molecule has 1 aromatic heterocycles. The van der Waals surface area contributed by atoms with Crippen LogP contribution in [0.4, 0.5) is 0 Å². The van der Waals surface area contributed by atoms with Crippen LogP contribution in [0.15, 0.2) is 48.5 Å². The van der Waals surface area contributed by atoms with Crippen LogP contribution in [-0.2, 0) is 17.9 Å². The van der Waals surface area contributed by atoms with Crippen molar-refractivity contribution in [1.82, 2.24) is 19.8 Å². The summed E-state index contributed by atoms with van der Waals surface area (Å²) in [6.07, 6.45) is 2.00. The molecule has 0 atom stereocenters. The number of likely N-dealkylation sites (N-methyl/N-ethyl adjacent to an activating group) is 1. The average Bonchev–Trinajstić information content (AvgIpc) is 3.13. The SMILES string of the molecule is CCCCN(C)C(=O)Cn1c(CNC(=O)c2cccc(OC)c2)nc2ccccc21. The summed E-state index contributed by atoms with van der Waals surface area (Å²) in [5, 5.41) is 2.90. The van der Waals surface area contributed by atoms with Gasteiger partial charge in [-0.3, -0.25) is 9.59 Å². The first-order chi connectivity index (χ1) is 14.5. The van der Waals surface area contributed by atoms with Gasteiger partial charge in [0.15, 0.2) is 0 Å². The number of benzene rings is 2. The van der Waals surface area contributed by atoms with Crippen LogP contribution in [0.1, 0.15) is 35.9 Å². The third-order valence-electron chi connectivity index (χ3n) is 5.04. The molecule has 0 saturated carbocycles. The molecule has 0 aliphatic rings. The van der Waals surface area contributed by atoms with Crippen LogP contribution >= 0.6 is 0 Å². The Morgan fingerprint density at radius 1 is 1.17 bits per heavy atom. The van der Waals surface area contributed by atoms with Gasteiger partial charge in [0.2, 0.25) is 5.91 Å². The minimum absolute atomic E-state index is 0.0203. The number of aromatic nitrogens is 2. The van der Waals surface area contributed by atoms with E-state index in [1.165, 1.54) is 0 Å². The number of rotatable bonds is 9. The van der Waals surface area contributed by atoms with Gasteiger partial charge in [-0.05, 0) is 36.8 Å². The monoisotopic (exact) mass is 408 g/mol. The smallest absolute Gasteiger partial charge is 0.251 e. The van der Waals surface area contributed by atoms with Gasteiger partial charge in [-0.15, -0.1) is 0 Å². The van der Waals surface area contributed by atoms with E-state index >= 15 is 0 Å². The fourth-order valence-corrected chi connectivity index (χ4v) is 3.24. The third-order valence-corrected chi connectivity index (χ3v) is 5.04. The van der Waals surface area contributed by atoms with Gasteiger partial charge in [-0.1, -0.05) is 31.5 Å². The van der Waals surface area contributed by atoms with E-state index in [1.807, 2.05) is 35.9 Å². The lowest BCUT2D eigenvalue weighted by atomic mass is 10.2. The lowest BCUT2D eigenvalue weighted by molar-refractivity contribution is -0.130. The van der Waals surface area contributed by atoms with E-state index < -0.39 is 0 Å². The van der Waals surface area contributed by atoms with Crippen LogP contribution in [0.2, 0.25) is 0 Å². The van der Waals surface area contributed by atoms with Crippen molar-refractivity contribution in [1.29, 1.82) is 0 Å². The Bertz CT molecular complexity index is 1030. The quantitative estimate of drug-likeness (QED) is 0.590. The molecular weight excluding hydrogens is 380 g/mol. The predicted octanol–water partition coefficient (Wildman–Crippen LogP) is 3.23. The molecule has 7 heteroatoms. The molecule has 1 N–H and O–H groups in total. The molecule has 0 aliphatic heterocycles. The van der Waals surface area contributed by atoms with Gasteiger partial charge >= 0.3 is 0 Å². The van der Waals surface area contributed by atoms with Crippen LogP contribution in [0.5, 0.6) is 5.75 Å². The van der Waals surface area contributed by atoms with Crippen LogP contribution in [0, 0.1) is 0 Å². The Morgan fingerprint density at radius 2 is 1.97 bits per heavy atom. The zero-order valence-electron chi connectivity index (χ0n) is 17.7. The summed E-state index contributed by atoms with van der Waals surface area (Å²) in [5.74, 6) is 1.06. The van der Waals surface area contributed by atoms with Crippen molar-refractivity contribution in [3.63, 3.8) is 0 Å². The second-order valence-electron chi connectivity index (χ2n) is 7.19. The number of unbranched alkanes of at least 4 members (excludes halogenated alkanes) is 1. The largest absolute Gasteiger partial charge is 0.497 e. The molecule has 1 heterocycles. The normalized spacial score (nSPS) is 10.8. The maximum atomic E-state index is 12.7. The summed E-state index contributed by atoms with van der Waals surface area (Å²) in [7, 11) is 3.38. The average molecular weight is 409 g/mol. The fraction of sp³-hybridized carbons (Fsp3) is 0.348. The highest BCUT2D eigenvalue weighted by atomic mass is 16.5. The fourth-order valence-electron chi connectivity index (χ4n) is 3.24. The number of hydrogen-bond donors (Lipinski definition) is 1. The third kappa shape index (κ3) is 4.97. The first-order valence-corrected chi connectivity index (χ1v) is 10.1. The lowest BCUT2D eigenvalue weighted by Gasteiger charge is -2.18. The number of hydrogen-bond acceptors (Lipinski definition) is 4. The van der Waals surface area contributed by atoms with Crippen molar-refractivity contribution in [2.24, 2.45) is 0 Å². The molecule has 0 bridgehead atoms. The topological polar surface area (TPSA) is 76.5 Å². The summed E-state index contributed by atoms with van der Waals surface area (Å²) in [4.78, 5) is 31.7. The van der Waals surface area contributed by atoms with E-state index in [4.69, 9.17) is 4.74 Å². The van der Waals surface area contributed by atoms with Crippen molar-refractivity contribution in [3.05, 3.63) is 59.9 Å². The second-order valence-corrected chi connectivity index (χ2v) is 7.19. The number of amides is 2. The van der Waals surface area contributed by atoms with E-state index in [0.717, 1.165) is 30.4 Å². The number of imidazole rings is 1. The summed E-state index contributed by atoms with van der Waals surface area (Å²) >= 11 is 0. The molecule has 0 aliphatic carbocycles. The minimum atomic E-state index is -0.223. The van der Waals surface area contributed by atoms with Crippen LogP contribution in [0.3, 0.4) is 0 Å². The Labute approximate surface area is 176 Å². The van der Waals surface area contributed by atoms with E-state index in [2.05, 4.69) is 17.2 Å². The van der Waals surface area contributed by atoms with E-state index in [-0.39, 0.29) is 24.9 Å². The predicted molar refractivity (Wildman–Crippen MR) is 116 cm³/mol. The summed E-state index contributed by atoms with van der Waals surface area (Å²) in [6, 6.07) is 14.7. The van der Waals surface area contributed by atoms with Gasteiger partial charge < -0.3 is 19.5 Å². The van der Waals surface area contributed by atoms with Gasteiger partial charge in [0.1, 0.15) is 18.1 Å². The molecule has 0 fully saturated rings. The Kier molecular flexibility index (Phi) is 7.06. The number of fused-ring (bicyclic) bond motifs is 1. The van der Waals surface area contributed by atoms with Crippen LogP contribution in [0.25, 0.3) is 11.0 Å². The highest BCUT2D eigenvalue weighted by Gasteiger charge is 2.17. The van der Waals surface area contributed by atoms with Crippen LogP contribution < -0.4 is 10.1 Å². The van der Waals surface area contributed by atoms with E-state index in [1.54, 1.807) is 36.3 Å². The molecule has 3 rings (SSSR count). The molecular formula is C23H28N4O3. The standard InChI is InChI=1S/C23H28N4O3/c1-4-5-13-26(2)22(28)16-27-20-12-7-6-11-19(20)25-21(27)15-24-23(29)17-9-8-10-18(14-17)30-3/h6-12,14H,4-5,13,15-16H2,1-3H3,(H,24,29). The first-order valence-electron chi connectivity index (χ1n) is 10.1. The van der Waals surface area contributed by atoms with Gasteiger partial charge in [-0.25, -0.2) is 4.98 Å². The lowest BCUT2D eigenvalue weighted by Crippen LogP contribution is -2.32. The molecule has 7 nitrogen and oxygen atoms in total. The van der Waals surface area contributed by atoms with Gasteiger partial charge in [0.05, 0.1) is 24.7 Å². The number of ether oxygens (including phenoxy) is 1. The van der Waals surface area contributed by atoms with Gasteiger partial charge in [0, 0.05) is 19.2 Å². The molecule has 0 radical (unpaired) electrons. The second kappa shape index (κ2) is 9.91. The molecule has 30 heavy (non-hydrogen) atoms. The number of carbonyl (C=O) groups is 2. The summed E-state index contributed by atoms with van der Waals surface area (Å²) < 4.78 is 7.06. The molecule has 158 valence electrons. The van der Waals surface area contributed by atoms with Gasteiger partial charge in [-0.2, -0.15) is 0 Å². The Morgan fingerprint density at radius 3 is 2.73 bits per heavy atom. The van der Waals surface area contributed by atoms with E-state index in [9.17, 15) is 9.59 Å². The Hall–Kier alpha value is -3.35. The number of nitrogens with zero attached hydrogens (tertiary/aromatic N) is 3. The van der Waals surface area contributed by atoms with Crippen LogP contribution in [-0.4, -0.2) is 47.0 Å². The van der Waals surface area contributed by atoms with Crippen molar-refractivity contribution in [2.75, 3.05) is 20.7 Å². The number of carbonyl (C=O) groups excluding carboxylic acids is 2. The number of methoxy groups -OCH3 is 1. The maximum Gasteiger partial charge on any atom is 0.251 e. The zero-order valence-corrected chi connectivity index (χ0v) is 17.7. The van der Waals surface area contributed by atoms with Crippen molar-refractivity contribution >= 4 is 22.8 Å². The number of nitrogens with one attached hydrogen (secondary N) is 1. The summed E-state index contributed by atoms with van der Waals surface area (Å²) in [5.41, 5.74) is 2.18. The highest BCUT2D eigenvalue weighted by Crippen LogP contribution is 2.17. The molecule has 0 spiro atoms. The molecule has 2 amide bonds. The molecule has 0 unspecified atom stereocenters. The van der Waals surface area contributed by atoms with E-state index in [0.29, 0.717) is 17.1 Å². The first kappa shape index (κ1) is 21.4. The maximum absolute atomic E-state index is 12.7. The van der Waals surface area contributed by atoms with Crippen molar-refractivity contribution < 1.29 is 14.3 Å². The zero-order chi connectivity index (χ0) is 21.5. The van der Waals surface area contributed by atoms with Gasteiger partial charge in [0.25, 0.3) is 5.91 Å². The highest BCUT2D eigenvalue weighted by molar-refractivity contribution is 5.94. The Balaban J connectivity index is 1.78. The number of para-hydroxylation sites is 2. The molecule has 2 aromatic carbocycles. The molecule has 0 saturated heterocycles. The molecule has 3 aromatic rings. The van der Waals surface area contributed by atoms with Crippen molar-refractivity contribution in [2.45, 2.75) is 32.9 Å².